The molecule has 1 aromatic heterocycles. The van der Waals surface area contributed by atoms with Crippen molar-refractivity contribution in [2.24, 2.45) is 0 Å². The summed E-state index contributed by atoms with van der Waals surface area (Å²) in [6.07, 6.45) is 3.95. The molecule has 0 bridgehead atoms. The minimum absolute atomic E-state index is 0.556. The minimum atomic E-state index is 0.556. The Morgan fingerprint density at radius 1 is 1.50 bits per heavy atom. The first-order valence-electron chi connectivity index (χ1n) is 4.50. The van der Waals surface area contributed by atoms with Crippen molar-refractivity contribution in [3.05, 3.63) is 29.0 Å². The monoisotopic (exact) mass is 230 g/mol. The lowest BCUT2D eigenvalue weighted by Gasteiger charge is -2.15. The Balaban J connectivity index is 2.39. The zero-order valence-electron chi connectivity index (χ0n) is 8.53. The van der Waals surface area contributed by atoms with E-state index in [0.717, 1.165) is 18.8 Å². The number of pyridine rings is 1. The van der Waals surface area contributed by atoms with Gasteiger partial charge in [-0.1, -0.05) is 17.7 Å². The van der Waals surface area contributed by atoms with E-state index in [1.54, 1.807) is 0 Å². The smallest absolute Gasteiger partial charge is 0.129 e. The van der Waals surface area contributed by atoms with E-state index in [1.807, 2.05) is 30.1 Å². The van der Waals surface area contributed by atoms with Crippen molar-refractivity contribution in [3.63, 3.8) is 0 Å². The van der Waals surface area contributed by atoms with Gasteiger partial charge < -0.3 is 4.90 Å². The molecule has 2 nitrogen and oxygen atoms in total. The van der Waals surface area contributed by atoms with Crippen molar-refractivity contribution in [1.29, 1.82) is 0 Å². The molecule has 0 amide bonds. The summed E-state index contributed by atoms with van der Waals surface area (Å²) in [5.74, 6) is 1.16. The Labute approximate surface area is 94.7 Å². The molecule has 0 aliphatic rings. The topological polar surface area (TPSA) is 16.1 Å². The third kappa shape index (κ3) is 4.31. The maximum atomic E-state index is 5.70. The van der Waals surface area contributed by atoms with E-state index in [-0.39, 0.29) is 0 Å². The average Bonchev–Trinajstić information content (AvgIpc) is 2.18. The molecule has 4 heteroatoms. The minimum Gasteiger partial charge on any atom is -0.301 e. The lowest BCUT2D eigenvalue weighted by atomic mass is 10.3. The molecule has 0 spiro atoms. The Kier molecular flexibility index (Phi) is 5.30. The zero-order valence-corrected chi connectivity index (χ0v) is 10.1. The molecule has 1 heterocycles. The van der Waals surface area contributed by atoms with Crippen LogP contribution in [0.4, 0.5) is 0 Å². The summed E-state index contributed by atoms with van der Waals surface area (Å²) in [6.45, 7) is 2.04. The van der Waals surface area contributed by atoms with Crippen molar-refractivity contribution in [3.8, 4) is 0 Å². The van der Waals surface area contributed by atoms with Crippen LogP contribution in [0.15, 0.2) is 18.3 Å². The Morgan fingerprint density at radius 2 is 2.29 bits per heavy atom. The summed E-state index contributed by atoms with van der Waals surface area (Å²) in [7, 11) is 2.12. The van der Waals surface area contributed by atoms with Gasteiger partial charge in [0.25, 0.3) is 0 Å². The molecule has 14 heavy (non-hydrogen) atoms. The van der Waals surface area contributed by atoms with Gasteiger partial charge in [-0.3, -0.25) is 0 Å². The lowest BCUT2D eigenvalue weighted by Crippen LogP contribution is -2.20. The second-order valence-electron chi connectivity index (χ2n) is 3.22. The quantitative estimate of drug-likeness (QED) is 0.724. The Hall–Kier alpha value is -0.250. The van der Waals surface area contributed by atoms with E-state index in [1.165, 1.54) is 5.56 Å². The van der Waals surface area contributed by atoms with Gasteiger partial charge in [0.1, 0.15) is 5.15 Å². The van der Waals surface area contributed by atoms with Crippen molar-refractivity contribution < 1.29 is 0 Å². The Bertz CT molecular complexity index is 263. The molecule has 0 atom stereocenters. The highest BCUT2D eigenvalue weighted by molar-refractivity contribution is 7.98. The van der Waals surface area contributed by atoms with Crippen LogP contribution in [0.5, 0.6) is 0 Å². The first-order chi connectivity index (χ1) is 6.72. The average molecular weight is 231 g/mol. The van der Waals surface area contributed by atoms with Crippen molar-refractivity contribution in [2.75, 3.05) is 25.6 Å². The molecule has 0 radical (unpaired) electrons. The third-order valence-electron chi connectivity index (χ3n) is 1.92. The molecule has 0 aromatic carbocycles. The molecule has 1 rings (SSSR count). The predicted octanol–water partition coefficient (Wildman–Crippen LogP) is 2.53. The molecule has 0 aliphatic heterocycles. The van der Waals surface area contributed by atoms with Crippen LogP contribution in [-0.2, 0) is 6.54 Å². The van der Waals surface area contributed by atoms with Crippen LogP contribution in [0.1, 0.15) is 5.56 Å². The van der Waals surface area contributed by atoms with Gasteiger partial charge in [0.15, 0.2) is 0 Å². The molecule has 0 saturated carbocycles. The number of aromatic nitrogens is 1. The molecule has 78 valence electrons. The summed E-state index contributed by atoms with van der Waals surface area (Å²) >= 11 is 7.57. The summed E-state index contributed by atoms with van der Waals surface area (Å²) in [6, 6.07) is 3.85. The van der Waals surface area contributed by atoms with Crippen LogP contribution in [0.25, 0.3) is 0 Å². The second-order valence-corrected chi connectivity index (χ2v) is 4.59. The fourth-order valence-corrected chi connectivity index (χ4v) is 1.74. The van der Waals surface area contributed by atoms with Gasteiger partial charge >= 0.3 is 0 Å². The van der Waals surface area contributed by atoms with Gasteiger partial charge in [0.2, 0.25) is 0 Å². The van der Waals surface area contributed by atoms with E-state index in [0.29, 0.717) is 5.15 Å². The molecule has 0 aliphatic carbocycles. The van der Waals surface area contributed by atoms with Crippen LogP contribution in [0, 0.1) is 0 Å². The van der Waals surface area contributed by atoms with Gasteiger partial charge in [0.05, 0.1) is 0 Å². The number of hydrogen-bond donors (Lipinski definition) is 0. The van der Waals surface area contributed by atoms with E-state index >= 15 is 0 Å². The normalized spacial score (nSPS) is 10.9. The number of rotatable bonds is 5. The molecule has 0 fully saturated rings. The maximum absolute atomic E-state index is 5.70. The van der Waals surface area contributed by atoms with Crippen LogP contribution in [-0.4, -0.2) is 35.5 Å². The van der Waals surface area contributed by atoms with Crippen LogP contribution in [0.3, 0.4) is 0 Å². The van der Waals surface area contributed by atoms with E-state index in [4.69, 9.17) is 11.6 Å². The molecular formula is C10H15ClN2S. The fourth-order valence-electron chi connectivity index (χ4n) is 1.14. The molecular weight excluding hydrogens is 216 g/mol. The lowest BCUT2D eigenvalue weighted by molar-refractivity contribution is 0.348. The van der Waals surface area contributed by atoms with Gasteiger partial charge in [-0.05, 0) is 24.9 Å². The highest BCUT2D eigenvalue weighted by Crippen LogP contribution is 2.07. The largest absolute Gasteiger partial charge is 0.301 e. The van der Waals surface area contributed by atoms with Gasteiger partial charge in [-0.25, -0.2) is 4.98 Å². The summed E-state index contributed by atoms with van der Waals surface area (Å²) in [4.78, 5) is 6.33. The van der Waals surface area contributed by atoms with Crippen molar-refractivity contribution in [1.82, 2.24) is 9.88 Å². The first kappa shape index (κ1) is 11.8. The highest BCUT2D eigenvalue weighted by atomic mass is 35.5. The maximum Gasteiger partial charge on any atom is 0.129 e. The summed E-state index contributed by atoms with van der Waals surface area (Å²) in [5, 5.41) is 0.556. The number of nitrogens with zero attached hydrogens (tertiary/aromatic N) is 2. The number of halogens is 1. The van der Waals surface area contributed by atoms with Crippen LogP contribution in [0.2, 0.25) is 5.15 Å². The van der Waals surface area contributed by atoms with Crippen LogP contribution < -0.4 is 0 Å². The molecule has 0 unspecified atom stereocenters. The van der Waals surface area contributed by atoms with Crippen LogP contribution >= 0.6 is 23.4 Å². The number of hydrogen-bond acceptors (Lipinski definition) is 3. The molecule has 1 aromatic rings. The van der Waals surface area contributed by atoms with E-state index < -0.39 is 0 Å². The Morgan fingerprint density at radius 3 is 2.86 bits per heavy atom. The highest BCUT2D eigenvalue weighted by Gasteiger charge is 1.99. The molecule has 0 saturated heterocycles. The summed E-state index contributed by atoms with van der Waals surface area (Å²) in [5.41, 5.74) is 1.21. The van der Waals surface area contributed by atoms with Gasteiger partial charge in [-0.15, -0.1) is 0 Å². The van der Waals surface area contributed by atoms with Gasteiger partial charge in [0, 0.05) is 25.0 Å². The fraction of sp³-hybridized carbons (Fsp3) is 0.500. The predicted molar refractivity (Wildman–Crippen MR) is 64.0 cm³/mol. The number of thioether (sulfide) groups is 1. The summed E-state index contributed by atoms with van der Waals surface area (Å²) < 4.78 is 0. The van der Waals surface area contributed by atoms with E-state index in [2.05, 4.69) is 23.2 Å². The van der Waals surface area contributed by atoms with Crippen molar-refractivity contribution in [2.45, 2.75) is 6.54 Å². The van der Waals surface area contributed by atoms with E-state index in [9.17, 15) is 0 Å². The second kappa shape index (κ2) is 6.27. The first-order valence-corrected chi connectivity index (χ1v) is 6.27. The standard InChI is InChI=1S/C10H15ClN2S/c1-13(5-6-14-2)8-9-3-4-10(11)12-7-9/h3-4,7H,5-6,8H2,1-2H3. The SMILES string of the molecule is CSCCN(C)Cc1ccc(Cl)nc1. The zero-order chi connectivity index (χ0) is 10.4. The van der Waals surface area contributed by atoms with Gasteiger partial charge in [-0.2, -0.15) is 11.8 Å². The molecule has 0 N–H and O–H groups in total. The third-order valence-corrected chi connectivity index (χ3v) is 2.73. The van der Waals surface area contributed by atoms with Crippen molar-refractivity contribution >= 4 is 23.4 Å².